The molecule has 8 heteroatoms. The van der Waals surface area contributed by atoms with Gasteiger partial charge in [-0.3, -0.25) is 0 Å². The fraction of sp³-hybridized carbons (Fsp3) is 0.692. The van der Waals surface area contributed by atoms with Crippen molar-refractivity contribution in [2.75, 3.05) is 18.1 Å². The minimum absolute atomic E-state index is 0.389. The Morgan fingerprint density at radius 2 is 1.90 bits per heavy atom. The van der Waals surface area contributed by atoms with Gasteiger partial charge in [0.25, 0.3) is 0 Å². The number of halogens is 1. The Morgan fingerprint density at radius 1 is 1.29 bits per heavy atom. The van der Waals surface area contributed by atoms with Crippen LogP contribution < -0.4 is 10.0 Å². The largest absolute Gasteiger partial charge is 0.368 e. The van der Waals surface area contributed by atoms with Crippen molar-refractivity contribution in [1.82, 2.24) is 14.7 Å². The van der Waals surface area contributed by atoms with Gasteiger partial charge in [-0.05, 0) is 27.2 Å². The molecule has 1 aromatic rings. The monoisotopic (exact) mass is 334 g/mol. The highest BCUT2D eigenvalue weighted by Crippen LogP contribution is 2.21. The average Bonchev–Trinajstić information content (AvgIpc) is 2.29. The van der Waals surface area contributed by atoms with Crippen molar-refractivity contribution >= 4 is 27.4 Å². The lowest BCUT2D eigenvalue weighted by Gasteiger charge is -2.26. The highest BCUT2D eigenvalue weighted by molar-refractivity contribution is 7.88. The number of sulfonamides is 1. The first-order valence-electron chi connectivity index (χ1n) is 6.80. The second-order valence-corrected chi connectivity index (χ2v) is 7.87. The van der Waals surface area contributed by atoms with Gasteiger partial charge in [0.2, 0.25) is 10.0 Å². The van der Waals surface area contributed by atoms with Crippen LogP contribution >= 0.6 is 11.6 Å². The molecule has 0 atom stereocenters. The highest BCUT2D eigenvalue weighted by atomic mass is 35.5. The summed E-state index contributed by atoms with van der Waals surface area (Å²) < 4.78 is 25.2. The van der Waals surface area contributed by atoms with E-state index in [0.717, 1.165) is 24.7 Å². The summed E-state index contributed by atoms with van der Waals surface area (Å²) in [6.07, 6.45) is 2.82. The topological polar surface area (TPSA) is 84.0 Å². The van der Waals surface area contributed by atoms with E-state index in [4.69, 9.17) is 11.6 Å². The fourth-order valence-corrected chi connectivity index (χ4v) is 3.15. The zero-order chi connectivity index (χ0) is 16.3. The summed E-state index contributed by atoms with van der Waals surface area (Å²) in [6.45, 7) is 7.86. The summed E-state index contributed by atoms with van der Waals surface area (Å²) in [5.41, 5.74) is 0.120. The van der Waals surface area contributed by atoms with Crippen molar-refractivity contribution < 1.29 is 8.42 Å². The first kappa shape index (κ1) is 18.1. The lowest BCUT2D eigenvalue weighted by Crippen LogP contribution is -2.47. The average molecular weight is 335 g/mol. The molecule has 0 unspecified atom stereocenters. The van der Waals surface area contributed by atoms with E-state index in [0.29, 0.717) is 23.3 Å². The maximum Gasteiger partial charge on any atom is 0.209 e. The Morgan fingerprint density at radius 3 is 2.43 bits per heavy atom. The minimum Gasteiger partial charge on any atom is -0.368 e. The first-order valence-corrected chi connectivity index (χ1v) is 9.07. The van der Waals surface area contributed by atoms with Crippen LogP contribution in [0.3, 0.4) is 0 Å². The first-order chi connectivity index (χ1) is 9.54. The third-order valence-electron chi connectivity index (χ3n) is 2.77. The number of aryl methyl sites for hydroxylation is 1. The van der Waals surface area contributed by atoms with Crippen LogP contribution in [0.25, 0.3) is 0 Å². The van der Waals surface area contributed by atoms with Crippen LogP contribution in [-0.2, 0) is 16.4 Å². The molecule has 2 N–H and O–H groups in total. The summed E-state index contributed by atoms with van der Waals surface area (Å²) in [5, 5.41) is 3.57. The van der Waals surface area contributed by atoms with E-state index in [2.05, 4.69) is 20.0 Å². The quantitative estimate of drug-likeness (QED) is 0.746. The van der Waals surface area contributed by atoms with Gasteiger partial charge in [0.15, 0.2) is 0 Å². The molecule has 1 heterocycles. The van der Waals surface area contributed by atoms with E-state index in [9.17, 15) is 8.42 Å². The molecule has 0 fully saturated rings. The number of hydrogen-bond acceptors (Lipinski definition) is 5. The molecule has 0 saturated heterocycles. The molecule has 6 nitrogen and oxygen atoms in total. The predicted molar refractivity (Wildman–Crippen MR) is 86.3 cm³/mol. The summed E-state index contributed by atoms with van der Waals surface area (Å²) in [7, 11) is -3.27. The molecule has 0 aliphatic carbocycles. The van der Waals surface area contributed by atoms with Gasteiger partial charge in [0.1, 0.15) is 16.8 Å². The van der Waals surface area contributed by atoms with Crippen molar-refractivity contribution in [2.24, 2.45) is 0 Å². The molecule has 0 amide bonds. The number of anilines is 1. The van der Waals surface area contributed by atoms with Crippen molar-refractivity contribution in [3.8, 4) is 0 Å². The Hall–Kier alpha value is -0.920. The summed E-state index contributed by atoms with van der Waals surface area (Å²) in [4.78, 5) is 8.67. The van der Waals surface area contributed by atoms with Crippen LogP contribution in [0.2, 0.25) is 5.15 Å². The normalized spacial score (nSPS) is 12.5. The zero-order valence-electron chi connectivity index (χ0n) is 13.1. The molecule has 0 saturated carbocycles. The molecule has 0 aliphatic heterocycles. The van der Waals surface area contributed by atoms with Gasteiger partial charge < -0.3 is 5.32 Å². The summed E-state index contributed by atoms with van der Waals surface area (Å²) >= 11 is 6.11. The van der Waals surface area contributed by atoms with E-state index >= 15 is 0 Å². The Bertz CT molecular complexity index is 602. The highest BCUT2D eigenvalue weighted by Gasteiger charge is 2.22. The van der Waals surface area contributed by atoms with Crippen molar-refractivity contribution in [3.63, 3.8) is 0 Å². The lowest BCUT2D eigenvalue weighted by atomic mass is 10.1. The van der Waals surface area contributed by atoms with Gasteiger partial charge in [-0.15, -0.1) is 0 Å². The predicted octanol–water partition coefficient (Wildman–Crippen LogP) is 2.13. The van der Waals surface area contributed by atoms with Gasteiger partial charge in [0, 0.05) is 24.1 Å². The van der Waals surface area contributed by atoms with Crippen LogP contribution in [0.4, 0.5) is 5.82 Å². The molecule has 120 valence electrons. The third kappa shape index (κ3) is 6.15. The SMILES string of the molecule is CCCc1nc(Cl)c(C)c(NCC(C)(C)NS(C)(=O)=O)n1. The fourth-order valence-electron chi connectivity index (χ4n) is 1.88. The number of nitrogens with one attached hydrogen (secondary N) is 2. The molecular weight excluding hydrogens is 312 g/mol. The van der Waals surface area contributed by atoms with E-state index in [1.807, 2.05) is 13.8 Å². The zero-order valence-corrected chi connectivity index (χ0v) is 14.7. The molecule has 0 aromatic carbocycles. The molecule has 0 radical (unpaired) electrons. The number of hydrogen-bond donors (Lipinski definition) is 2. The van der Waals surface area contributed by atoms with Crippen LogP contribution in [0.1, 0.15) is 38.6 Å². The summed E-state index contributed by atoms with van der Waals surface area (Å²) in [5.74, 6) is 1.33. The molecular formula is C13H23ClN4O2S. The van der Waals surface area contributed by atoms with Gasteiger partial charge in [-0.2, -0.15) is 0 Å². The Balaban J connectivity index is 2.88. The molecule has 21 heavy (non-hydrogen) atoms. The van der Waals surface area contributed by atoms with E-state index in [1.54, 1.807) is 13.8 Å². The van der Waals surface area contributed by atoms with E-state index in [-0.39, 0.29) is 0 Å². The second kappa shape index (κ2) is 6.89. The van der Waals surface area contributed by atoms with Crippen LogP contribution in [0.15, 0.2) is 0 Å². The van der Waals surface area contributed by atoms with Gasteiger partial charge in [-0.1, -0.05) is 18.5 Å². The minimum atomic E-state index is -3.27. The van der Waals surface area contributed by atoms with Gasteiger partial charge >= 0.3 is 0 Å². The number of rotatable bonds is 7. The lowest BCUT2D eigenvalue weighted by molar-refractivity contribution is 0.475. The van der Waals surface area contributed by atoms with Gasteiger partial charge in [0.05, 0.1) is 6.26 Å². The molecule has 1 rings (SSSR count). The molecule has 0 aliphatic rings. The van der Waals surface area contributed by atoms with E-state index in [1.165, 1.54) is 0 Å². The second-order valence-electron chi connectivity index (χ2n) is 5.77. The molecule has 0 bridgehead atoms. The Labute approximate surface area is 131 Å². The van der Waals surface area contributed by atoms with Crippen LogP contribution in [0.5, 0.6) is 0 Å². The van der Waals surface area contributed by atoms with Crippen LogP contribution in [0, 0.1) is 6.92 Å². The molecule has 0 spiro atoms. The smallest absolute Gasteiger partial charge is 0.209 e. The van der Waals surface area contributed by atoms with Crippen molar-refractivity contribution in [1.29, 1.82) is 0 Å². The Kier molecular flexibility index (Phi) is 5.95. The molecule has 1 aromatic heterocycles. The van der Waals surface area contributed by atoms with Crippen LogP contribution in [-0.4, -0.2) is 36.7 Å². The maximum absolute atomic E-state index is 11.3. The maximum atomic E-state index is 11.3. The standard InChI is InChI=1S/C13H23ClN4O2S/c1-6-7-10-16-11(14)9(2)12(17-10)15-8-13(3,4)18-21(5,19)20/h18H,6-8H2,1-5H3,(H,15,16,17). The van der Waals surface area contributed by atoms with E-state index < -0.39 is 15.6 Å². The number of aromatic nitrogens is 2. The number of nitrogens with zero attached hydrogens (tertiary/aromatic N) is 2. The van der Waals surface area contributed by atoms with Crippen molar-refractivity contribution in [2.45, 2.75) is 46.1 Å². The van der Waals surface area contributed by atoms with Crippen molar-refractivity contribution in [3.05, 3.63) is 16.5 Å². The third-order valence-corrected chi connectivity index (χ3v) is 4.06. The summed E-state index contributed by atoms with van der Waals surface area (Å²) in [6, 6.07) is 0. The van der Waals surface area contributed by atoms with Gasteiger partial charge in [-0.25, -0.2) is 23.1 Å².